The van der Waals surface area contributed by atoms with E-state index in [4.69, 9.17) is 4.74 Å². The fourth-order valence-electron chi connectivity index (χ4n) is 4.36. The highest BCUT2D eigenvalue weighted by Gasteiger charge is 2.33. The van der Waals surface area contributed by atoms with Crippen LogP contribution in [0.4, 0.5) is 5.69 Å². The molecule has 1 N–H and O–H groups in total. The van der Waals surface area contributed by atoms with Crippen molar-refractivity contribution in [2.45, 2.75) is 51.6 Å². The van der Waals surface area contributed by atoms with Crippen LogP contribution >= 0.6 is 0 Å². The van der Waals surface area contributed by atoms with Crippen molar-refractivity contribution in [1.82, 2.24) is 10.2 Å². The number of nitrogens with zero attached hydrogens (tertiary/aromatic N) is 2. The molecule has 214 valence electrons. The Morgan fingerprint density at radius 1 is 0.950 bits per heavy atom. The Hall–Kier alpha value is -3.85. The van der Waals surface area contributed by atoms with Gasteiger partial charge in [-0.3, -0.25) is 13.9 Å². The molecular weight excluding hydrogens is 526 g/mol. The smallest absolute Gasteiger partial charge is 0.264 e. The highest BCUT2D eigenvalue weighted by atomic mass is 32.2. The topological polar surface area (TPSA) is 96.0 Å². The number of carbonyl (C=O) groups is 2. The van der Waals surface area contributed by atoms with E-state index in [-0.39, 0.29) is 29.0 Å². The molecule has 0 aliphatic heterocycles. The lowest BCUT2D eigenvalue weighted by Crippen LogP contribution is -2.52. The van der Waals surface area contributed by atoms with E-state index >= 15 is 0 Å². The Balaban J connectivity index is 2.05. The predicted octanol–water partition coefficient (Wildman–Crippen LogP) is 4.78. The molecule has 0 saturated heterocycles. The molecule has 0 aliphatic rings. The number of nitrogens with one attached hydrogen (secondary N) is 1. The van der Waals surface area contributed by atoms with Crippen LogP contribution in [-0.2, 0) is 26.2 Å². The highest BCUT2D eigenvalue weighted by molar-refractivity contribution is 7.92. The summed E-state index contributed by atoms with van der Waals surface area (Å²) in [6.45, 7) is 7.93. The van der Waals surface area contributed by atoms with Crippen LogP contribution in [0.3, 0.4) is 0 Å². The molecule has 3 aromatic rings. The van der Waals surface area contributed by atoms with Gasteiger partial charge in [0, 0.05) is 19.2 Å². The molecule has 3 aromatic carbocycles. The third kappa shape index (κ3) is 7.85. The lowest BCUT2D eigenvalue weighted by Gasteiger charge is -2.33. The summed E-state index contributed by atoms with van der Waals surface area (Å²) in [6.07, 6.45) is 0.367. The maximum atomic E-state index is 14.1. The van der Waals surface area contributed by atoms with E-state index in [1.165, 1.54) is 24.1 Å². The molecule has 2 amide bonds. The lowest BCUT2D eigenvalue weighted by molar-refractivity contribution is -0.140. The Morgan fingerprint density at radius 2 is 1.65 bits per heavy atom. The van der Waals surface area contributed by atoms with Crippen LogP contribution in [0.1, 0.15) is 38.3 Å². The summed E-state index contributed by atoms with van der Waals surface area (Å²) in [4.78, 5) is 28.9. The van der Waals surface area contributed by atoms with Gasteiger partial charge >= 0.3 is 0 Å². The van der Waals surface area contributed by atoms with Crippen molar-refractivity contribution >= 4 is 27.5 Å². The first-order valence-corrected chi connectivity index (χ1v) is 14.8. The number of anilines is 1. The first kappa shape index (κ1) is 30.7. The summed E-state index contributed by atoms with van der Waals surface area (Å²) in [5.41, 5.74) is 2.15. The molecular formula is C31H39N3O5S. The quantitative estimate of drug-likeness (QED) is 0.322. The molecule has 9 heteroatoms. The molecule has 0 heterocycles. The molecule has 0 spiro atoms. The summed E-state index contributed by atoms with van der Waals surface area (Å²) in [7, 11) is -2.64. The highest BCUT2D eigenvalue weighted by Crippen LogP contribution is 2.27. The number of amides is 2. The fourth-order valence-corrected chi connectivity index (χ4v) is 5.79. The minimum atomic E-state index is -4.13. The van der Waals surface area contributed by atoms with Crippen molar-refractivity contribution in [3.05, 3.63) is 90.0 Å². The van der Waals surface area contributed by atoms with E-state index < -0.39 is 28.5 Å². The van der Waals surface area contributed by atoms with Gasteiger partial charge in [0.05, 0.1) is 17.7 Å². The number of carbonyl (C=O) groups excluding carboxylic acids is 2. The Kier molecular flexibility index (Phi) is 10.7. The van der Waals surface area contributed by atoms with Crippen LogP contribution in [0.2, 0.25) is 0 Å². The van der Waals surface area contributed by atoms with Gasteiger partial charge in [-0.25, -0.2) is 8.42 Å². The molecule has 0 radical (unpaired) electrons. The average molecular weight is 566 g/mol. The number of aryl methyl sites for hydroxylation is 1. The zero-order valence-corrected chi connectivity index (χ0v) is 24.6. The molecule has 40 heavy (non-hydrogen) atoms. The Bertz CT molecular complexity index is 1390. The van der Waals surface area contributed by atoms with E-state index in [1.54, 1.807) is 42.5 Å². The number of hydrogen-bond donors (Lipinski definition) is 1. The number of hydrogen-bond acceptors (Lipinski definition) is 5. The molecule has 0 bridgehead atoms. The van der Waals surface area contributed by atoms with Gasteiger partial charge in [0.25, 0.3) is 10.0 Å². The molecule has 0 aliphatic carbocycles. The van der Waals surface area contributed by atoms with Gasteiger partial charge in [-0.05, 0) is 49.1 Å². The van der Waals surface area contributed by atoms with Crippen LogP contribution in [0.15, 0.2) is 83.8 Å². The zero-order valence-electron chi connectivity index (χ0n) is 23.8. The van der Waals surface area contributed by atoms with Crippen molar-refractivity contribution in [3.63, 3.8) is 0 Å². The van der Waals surface area contributed by atoms with E-state index in [0.717, 1.165) is 15.4 Å². The molecule has 0 saturated carbocycles. The van der Waals surface area contributed by atoms with Gasteiger partial charge < -0.3 is 15.0 Å². The maximum Gasteiger partial charge on any atom is 0.264 e. The molecule has 3 rings (SSSR count). The van der Waals surface area contributed by atoms with Crippen molar-refractivity contribution < 1.29 is 22.7 Å². The summed E-state index contributed by atoms with van der Waals surface area (Å²) in [5.74, 6) is -0.0669. The Morgan fingerprint density at radius 3 is 2.27 bits per heavy atom. The van der Waals surface area contributed by atoms with Crippen LogP contribution in [-0.4, -0.2) is 51.4 Å². The van der Waals surface area contributed by atoms with Crippen molar-refractivity contribution in [2.24, 2.45) is 5.92 Å². The SMILES string of the molecule is CC[C@H](C(=O)NCC(C)C)N(Cc1cccc(C)c1)C(=O)CN(c1cccc(OC)c1)S(=O)(=O)c1ccccc1. The normalized spacial score (nSPS) is 12.1. The monoisotopic (exact) mass is 565 g/mol. The Labute approximate surface area is 238 Å². The van der Waals surface area contributed by atoms with Gasteiger partial charge in [0.15, 0.2) is 0 Å². The van der Waals surface area contributed by atoms with Crippen molar-refractivity contribution in [3.8, 4) is 5.75 Å². The maximum absolute atomic E-state index is 14.1. The molecule has 0 fully saturated rings. The lowest BCUT2D eigenvalue weighted by atomic mass is 10.1. The second kappa shape index (κ2) is 14.0. The first-order valence-electron chi connectivity index (χ1n) is 13.4. The van der Waals surface area contributed by atoms with E-state index in [9.17, 15) is 18.0 Å². The van der Waals surface area contributed by atoms with Crippen LogP contribution in [0.5, 0.6) is 5.75 Å². The second-order valence-corrected chi connectivity index (χ2v) is 12.0. The van der Waals surface area contributed by atoms with Gasteiger partial charge in [-0.1, -0.05) is 74.9 Å². The number of sulfonamides is 1. The third-order valence-electron chi connectivity index (χ3n) is 6.46. The fraction of sp³-hybridized carbons (Fsp3) is 0.355. The summed E-state index contributed by atoms with van der Waals surface area (Å²) in [6, 6.07) is 21.5. The molecule has 1 atom stereocenters. The minimum Gasteiger partial charge on any atom is -0.497 e. The largest absolute Gasteiger partial charge is 0.497 e. The number of methoxy groups -OCH3 is 1. The number of benzene rings is 3. The van der Waals surface area contributed by atoms with Gasteiger partial charge in [-0.2, -0.15) is 0 Å². The van der Waals surface area contributed by atoms with E-state index in [0.29, 0.717) is 18.7 Å². The average Bonchev–Trinajstić information content (AvgIpc) is 2.95. The van der Waals surface area contributed by atoms with Crippen molar-refractivity contribution in [1.29, 1.82) is 0 Å². The first-order chi connectivity index (χ1) is 19.1. The van der Waals surface area contributed by atoms with E-state index in [1.807, 2.05) is 52.0 Å². The van der Waals surface area contributed by atoms with Crippen LogP contribution in [0.25, 0.3) is 0 Å². The zero-order chi connectivity index (χ0) is 29.3. The number of rotatable bonds is 13. The summed E-state index contributed by atoms with van der Waals surface area (Å²) in [5, 5.41) is 2.94. The van der Waals surface area contributed by atoms with E-state index in [2.05, 4.69) is 5.32 Å². The van der Waals surface area contributed by atoms with Gasteiger partial charge in [-0.15, -0.1) is 0 Å². The van der Waals surface area contributed by atoms with Crippen LogP contribution in [0, 0.1) is 12.8 Å². The summed E-state index contributed by atoms with van der Waals surface area (Å²) < 4.78 is 34.2. The molecule has 0 unspecified atom stereocenters. The minimum absolute atomic E-state index is 0.0533. The predicted molar refractivity (Wildman–Crippen MR) is 158 cm³/mol. The second-order valence-electron chi connectivity index (χ2n) is 10.1. The number of ether oxygens (including phenoxy) is 1. The standard InChI is InChI=1S/C31H39N3O5S/c1-6-29(31(36)32-20-23(2)3)33(21-25-13-10-12-24(4)18-25)30(35)22-34(26-14-11-15-27(19-26)39-5)40(37,38)28-16-8-7-9-17-28/h7-19,23,29H,6,20-22H2,1-5H3,(H,32,36)/t29-/m1/s1. The van der Waals surface area contributed by atoms with Crippen molar-refractivity contribution in [2.75, 3.05) is 24.5 Å². The van der Waals surface area contributed by atoms with Gasteiger partial charge in [0.1, 0.15) is 18.3 Å². The van der Waals surface area contributed by atoms with Gasteiger partial charge in [0.2, 0.25) is 11.8 Å². The molecule has 0 aromatic heterocycles. The molecule has 8 nitrogen and oxygen atoms in total. The third-order valence-corrected chi connectivity index (χ3v) is 8.25. The van der Waals surface area contributed by atoms with Crippen LogP contribution < -0.4 is 14.4 Å². The summed E-state index contributed by atoms with van der Waals surface area (Å²) >= 11 is 0.